The maximum absolute atomic E-state index is 12.5. The molecule has 0 fully saturated rings. The van der Waals surface area contributed by atoms with Crippen LogP contribution in [0.1, 0.15) is 15.9 Å². The van der Waals surface area contributed by atoms with Crippen molar-refractivity contribution >= 4 is 49.2 Å². The van der Waals surface area contributed by atoms with Crippen LogP contribution in [-0.4, -0.2) is 12.9 Å². The highest BCUT2D eigenvalue weighted by molar-refractivity contribution is 9.10. The molecule has 0 amide bonds. The summed E-state index contributed by atoms with van der Waals surface area (Å²) in [6.07, 6.45) is 0. The molecule has 0 aliphatic heterocycles. The molecule has 5 heteroatoms. The van der Waals surface area contributed by atoms with E-state index >= 15 is 0 Å². The van der Waals surface area contributed by atoms with Gasteiger partial charge in [-0.2, -0.15) is 0 Å². The lowest BCUT2D eigenvalue weighted by atomic mass is 10.0. The third-order valence-electron chi connectivity index (χ3n) is 2.59. The largest absolute Gasteiger partial charge is 0.497 e. The van der Waals surface area contributed by atoms with Crippen molar-refractivity contribution in [3.63, 3.8) is 0 Å². The summed E-state index contributed by atoms with van der Waals surface area (Å²) >= 11 is 12.8. The predicted octanol–water partition coefficient (Wildman–Crippen LogP) is 5.10. The van der Waals surface area contributed by atoms with Gasteiger partial charge in [-0.25, -0.2) is 0 Å². The van der Waals surface area contributed by atoms with Gasteiger partial charge in [-0.3, -0.25) is 4.79 Å². The van der Waals surface area contributed by atoms with Crippen molar-refractivity contribution in [1.29, 1.82) is 0 Å². The van der Waals surface area contributed by atoms with Gasteiger partial charge < -0.3 is 4.74 Å². The lowest BCUT2D eigenvalue weighted by Crippen LogP contribution is -2.03. The number of hydrogen-bond donors (Lipinski definition) is 0. The minimum atomic E-state index is -0.138. The molecule has 0 saturated heterocycles. The van der Waals surface area contributed by atoms with Crippen molar-refractivity contribution in [2.24, 2.45) is 0 Å². The molecule has 2 aromatic rings. The zero-order chi connectivity index (χ0) is 14.0. The van der Waals surface area contributed by atoms with Gasteiger partial charge in [-0.15, -0.1) is 0 Å². The van der Waals surface area contributed by atoms with Gasteiger partial charge in [-0.1, -0.05) is 27.5 Å². The van der Waals surface area contributed by atoms with Gasteiger partial charge in [0.1, 0.15) is 5.75 Å². The second-order valence-electron chi connectivity index (χ2n) is 3.80. The quantitative estimate of drug-likeness (QED) is 0.665. The molecule has 0 unspecified atom stereocenters. The van der Waals surface area contributed by atoms with Crippen molar-refractivity contribution in [2.75, 3.05) is 7.11 Å². The molecule has 0 aliphatic rings. The number of rotatable bonds is 3. The number of carbonyl (C=O) groups excluding carboxylic acids is 1. The van der Waals surface area contributed by atoms with E-state index in [9.17, 15) is 4.79 Å². The molecule has 0 bridgehead atoms. The summed E-state index contributed by atoms with van der Waals surface area (Å²) in [6, 6.07) is 10.4. The molecular formula is C14H9Br2ClO2. The van der Waals surface area contributed by atoms with Crippen LogP contribution in [-0.2, 0) is 0 Å². The average molecular weight is 404 g/mol. The Kier molecular flexibility index (Phi) is 4.66. The number of benzene rings is 2. The number of ketones is 1. The summed E-state index contributed by atoms with van der Waals surface area (Å²) in [5.74, 6) is 0.546. The first-order valence-electron chi connectivity index (χ1n) is 5.36. The molecule has 19 heavy (non-hydrogen) atoms. The number of methoxy groups -OCH3 is 1. The zero-order valence-corrected chi connectivity index (χ0v) is 13.8. The Balaban J connectivity index is 2.47. The van der Waals surface area contributed by atoms with E-state index in [2.05, 4.69) is 31.9 Å². The predicted molar refractivity (Wildman–Crippen MR) is 83.3 cm³/mol. The minimum absolute atomic E-state index is 0.138. The zero-order valence-electron chi connectivity index (χ0n) is 9.91. The third-order valence-corrected chi connectivity index (χ3v) is 4.07. The first kappa shape index (κ1) is 14.6. The number of carbonyl (C=O) groups is 1. The fraction of sp³-hybridized carbons (Fsp3) is 0.0714. The van der Waals surface area contributed by atoms with E-state index < -0.39 is 0 Å². The minimum Gasteiger partial charge on any atom is -0.497 e. The Hall–Kier alpha value is -0.840. The lowest BCUT2D eigenvalue weighted by molar-refractivity contribution is 0.103. The highest BCUT2D eigenvalue weighted by Gasteiger charge is 2.16. The van der Waals surface area contributed by atoms with Gasteiger partial charge >= 0.3 is 0 Å². The molecule has 0 aliphatic carbocycles. The fourth-order valence-corrected chi connectivity index (χ4v) is 2.73. The first-order chi connectivity index (χ1) is 9.02. The Morgan fingerprint density at radius 1 is 1.11 bits per heavy atom. The summed E-state index contributed by atoms with van der Waals surface area (Å²) in [5, 5.41) is 0.427. The van der Waals surface area contributed by atoms with Gasteiger partial charge in [0.2, 0.25) is 0 Å². The smallest absolute Gasteiger partial charge is 0.195 e. The number of halogens is 3. The molecular weight excluding hydrogens is 395 g/mol. The standard InChI is InChI=1S/C14H9Br2ClO2/c1-19-9-3-4-10(12(16)7-9)14(18)11-6-8(15)2-5-13(11)17/h2-7H,1H3. The van der Waals surface area contributed by atoms with E-state index in [1.807, 2.05) is 0 Å². The van der Waals surface area contributed by atoms with Gasteiger partial charge in [0.05, 0.1) is 12.1 Å². The lowest BCUT2D eigenvalue weighted by Gasteiger charge is -2.08. The van der Waals surface area contributed by atoms with E-state index in [1.54, 1.807) is 43.5 Å². The molecule has 0 atom stereocenters. The van der Waals surface area contributed by atoms with Crippen LogP contribution in [0.4, 0.5) is 0 Å². The Morgan fingerprint density at radius 2 is 1.84 bits per heavy atom. The Labute approximate surface area is 133 Å². The number of ether oxygens (including phenoxy) is 1. The van der Waals surface area contributed by atoms with Crippen molar-refractivity contribution in [1.82, 2.24) is 0 Å². The second kappa shape index (κ2) is 6.07. The van der Waals surface area contributed by atoms with Crippen LogP contribution in [0.2, 0.25) is 5.02 Å². The van der Waals surface area contributed by atoms with E-state index in [0.717, 1.165) is 4.47 Å². The van der Waals surface area contributed by atoms with Crippen molar-refractivity contribution in [3.05, 3.63) is 61.5 Å². The van der Waals surface area contributed by atoms with Crippen LogP contribution < -0.4 is 4.74 Å². The summed E-state index contributed by atoms with van der Waals surface area (Å²) in [5.41, 5.74) is 1.00. The van der Waals surface area contributed by atoms with Crippen LogP contribution in [0, 0.1) is 0 Å². The normalized spacial score (nSPS) is 10.3. The molecule has 2 aromatic carbocycles. The molecule has 0 aromatic heterocycles. The third kappa shape index (κ3) is 3.19. The van der Waals surface area contributed by atoms with Gasteiger partial charge in [0.15, 0.2) is 5.78 Å². The topological polar surface area (TPSA) is 26.3 Å². The fourth-order valence-electron chi connectivity index (χ4n) is 1.62. The monoisotopic (exact) mass is 402 g/mol. The molecule has 0 saturated carbocycles. The van der Waals surface area contributed by atoms with E-state index in [0.29, 0.717) is 26.4 Å². The van der Waals surface area contributed by atoms with Crippen molar-refractivity contribution in [2.45, 2.75) is 0 Å². The summed E-state index contributed by atoms with van der Waals surface area (Å²) in [4.78, 5) is 12.5. The highest BCUT2D eigenvalue weighted by Crippen LogP contribution is 2.28. The van der Waals surface area contributed by atoms with Crippen LogP contribution in [0.25, 0.3) is 0 Å². The SMILES string of the molecule is COc1ccc(C(=O)c2cc(Br)ccc2Cl)c(Br)c1. The van der Waals surface area contributed by atoms with Crippen LogP contribution >= 0.6 is 43.5 Å². The van der Waals surface area contributed by atoms with Crippen LogP contribution in [0.15, 0.2) is 45.3 Å². The van der Waals surface area contributed by atoms with Gasteiger partial charge in [-0.05, 0) is 52.3 Å². The number of hydrogen-bond acceptors (Lipinski definition) is 2. The van der Waals surface area contributed by atoms with Gasteiger partial charge in [0, 0.05) is 20.1 Å². The Morgan fingerprint density at radius 3 is 2.47 bits per heavy atom. The summed E-state index contributed by atoms with van der Waals surface area (Å²) < 4.78 is 6.59. The van der Waals surface area contributed by atoms with Crippen molar-refractivity contribution in [3.8, 4) is 5.75 Å². The molecule has 0 spiro atoms. The van der Waals surface area contributed by atoms with E-state index in [-0.39, 0.29) is 5.78 Å². The maximum Gasteiger partial charge on any atom is 0.195 e. The summed E-state index contributed by atoms with van der Waals surface area (Å²) in [7, 11) is 1.58. The Bertz CT molecular complexity index is 641. The molecule has 0 heterocycles. The molecule has 0 N–H and O–H groups in total. The van der Waals surface area contributed by atoms with Crippen LogP contribution in [0.5, 0.6) is 5.75 Å². The maximum atomic E-state index is 12.5. The molecule has 0 radical (unpaired) electrons. The van der Waals surface area contributed by atoms with Crippen LogP contribution in [0.3, 0.4) is 0 Å². The van der Waals surface area contributed by atoms with Gasteiger partial charge in [0.25, 0.3) is 0 Å². The average Bonchev–Trinajstić information content (AvgIpc) is 2.40. The second-order valence-corrected chi connectivity index (χ2v) is 5.98. The van der Waals surface area contributed by atoms with Crippen molar-refractivity contribution < 1.29 is 9.53 Å². The first-order valence-corrected chi connectivity index (χ1v) is 7.32. The van der Waals surface area contributed by atoms with E-state index in [1.165, 1.54) is 0 Å². The van der Waals surface area contributed by atoms with E-state index in [4.69, 9.17) is 16.3 Å². The molecule has 2 rings (SSSR count). The summed E-state index contributed by atoms with van der Waals surface area (Å²) in [6.45, 7) is 0. The highest BCUT2D eigenvalue weighted by atomic mass is 79.9. The molecule has 98 valence electrons. The molecule has 2 nitrogen and oxygen atoms in total.